The maximum Gasteiger partial charge on any atom is 0.306 e. The molecule has 0 aliphatic carbocycles. The molecule has 350 valence electrons. The van der Waals surface area contributed by atoms with Crippen molar-refractivity contribution >= 4 is 11.9 Å². The molecular weight excluding hydrogens is 773 g/mol. The third-order valence-electron chi connectivity index (χ3n) is 10.6. The van der Waals surface area contributed by atoms with Gasteiger partial charge in [0.15, 0.2) is 12.4 Å². The van der Waals surface area contributed by atoms with Gasteiger partial charge in [-0.1, -0.05) is 164 Å². The number of allylic oxidation sites excluding steroid dienone is 12. The molecule has 0 saturated carbocycles. The summed E-state index contributed by atoms with van der Waals surface area (Å²) in [5.74, 6) is -0.880. The number of aliphatic hydroxyl groups excluding tert-OH is 4. The highest BCUT2D eigenvalue weighted by Gasteiger charge is 2.44. The molecule has 1 aliphatic rings. The van der Waals surface area contributed by atoms with Gasteiger partial charge in [0, 0.05) is 12.8 Å². The van der Waals surface area contributed by atoms with Gasteiger partial charge in [-0.15, -0.1) is 0 Å². The average molecular weight is 859 g/mol. The van der Waals surface area contributed by atoms with Gasteiger partial charge in [-0.05, 0) is 77.0 Å². The zero-order chi connectivity index (χ0) is 44.4. The quantitative estimate of drug-likeness (QED) is 0.0267. The van der Waals surface area contributed by atoms with Gasteiger partial charge in [-0.2, -0.15) is 0 Å². The molecule has 0 spiro atoms. The maximum absolute atomic E-state index is 12.8. The van der Waals surface area contributed by atoms with Crippen LogP contribution in [0.4, 0.5) is 0 Å². The zero-order valence-corrected chi connectivity index (χ0v) is 38.1. The number of ether oxygens (including phenoxy) is 4. The molecule has 1 rings (SSSR count). The molecular formula is C51H86O10. The van der Waals surface area contributed by atoms with E-state index in [0.29, 0.717) is 12.8 Å². The van der Waals surface area contributed by atoms with Crippen LogP contribution in [0.15, 0.2) is 72.9 Å². The molecule has 4 N–H and O–H groups in total. The summed E-state index contributed by atoms with van der Waals surface area (Å²) in [5.41, 5.74) is 0. The molecule has 6 atom stereocenters. The van der Waals surface area contributed by atoms with Crippen LogP contribution in [-0.2, 0) is 28.5 Å². The molecule has 1 heterocycles. The van der Waals surface area contributed by atoms with E-state index >= 15 is 0 Å². The van der Waals surface area contributed by atoms with Crippen LogP contribution in [0, 0.1) is 0 Å². The monoisotopic (exact) mass is 859 g/mol. The Labute approximate surface area is 370 Å². The maximum atomic E-state index is 12.8. The molecule has 1 aliphatic heterocycles. The number of hydrogen-bond donors (Lipinski definition) is 4. The summed E-state index contributed by atoms with van der Waals surface area (Å²) in [6.07, 6.45) is 44.8. The normalized spacial score (nSPS) is 20.4. The lowest BCUT2D eigenvalue weighted by Gasteiger charge is -2.39. The third kappa shape index (κ3) is 32.5. The first-order valence-electron chi connectivity index (χ1n) is 24.0. The summed E-state index contributed by atoms with van der Waals surface area (Å²) in [5, 5.41) is 40.1. The second-order valence-electron chi connectivity index (χ2n) is 16.2. The predicted molar refractivity (Wildman–Crippen MR) is 247 cm³/mol. The molecule has 0 bridgehead atoms. The van der Waals surface area contributed by atoms with Crippen LogP contribution in [0.5, 0.6) is 0 Å². The summed E-state index contributed by atoms with van der Waals surface area (Å²) >= 11 is 0. The minimum absolute atomic E-state index is 0.194. The number of rotatable bonds is 39. The van der Waals surface area contributed by atoms with Crippen molar-refractivity contribution in [2.75, 3.05) is 19.8 Å². The van der Waals surface area contributed by atoms with Gasteiger partial charge in [-0.3, -0.25) is 9.59 Å². The molecule has 1 saturated heterocycles. The van der Waals surface area contributed by atoms with Gasteiger partial charge >= 0.3 is 11.9 Å². The van der Waals surface area contributed by atoms with E-state index in [-0.39, 0.29) is 26.1 Å². The van der Waals surface area contributed by atoms with Crippen molar-refractivity contribution in [3.63, 3.8) is 0 Å². The summed E-state index contributed by atoms with van der Waals surface area (Å²) in [4.78, 5) is 25.4. The minimum Gasteiger partial charge on any atom is -0.462 e. The van der Waals surface area contributed by atoms with Crippen molar-refractivity contribution in [3.8, 4) is 0 Å². The van der Waals surface area contributed by atoms with E-state index in [1.807, 2.05) is 6.08 Å². The molecule has 0 aromatic rings. The molecule has 1 fully saturated rings. The van der Waals surface area contributed by atoms with E-state index < -0.39 is 55.4 Å². The lowest BCUT2D eigenvalue weighted by atomic mass is 9.99. The highest BCUT2D eigenvalue weighted by atomic mass is 16.7. The highest BCUT2D eigenvalue weighted by molar-refractivity contribution is 5.70. The van der Waals surface area contributed by atoms with Crippen molar-refractivity contribution in [2.45, 2.75) is 218 Å². The van der Waals surface area contributed by atoms with Crippen molar-refractivity contribution in [1.29, 1.82) is 0 Å². The Kier molecular flexibility index (Phi) is 37.9. The number of carbonyl (C=O) groups excluding carboxylic acids is 2. The molecule has 0 radical (unpaired) electrons. The lowest BCUT2D eigenvalue weighted by Crippen LogP contribution is -2.59. The van der Waals surface area contributed by atoms with E-state index in [9.17, 15) is 30.0 Å². The number of unbranched alkanes of at least 4 members (excludes halogenated alkanes) is 16. The zero-order valence-electron chi connectivity index (χ0n) is 38.1. The fraction of sp³-hybridized carbons (Fsp3) is 0.725. The largest absolute Gasteiger partial charge is 0.462 e. The Morgan fingerprint density at radius 3 is 1.52 bits per heavy atom. The summed E-state index contributed by atoms with van der Waals surface area (Å²) < 4.78 is 22.1. The van der Waals surface area contributed by atoms with Gasteiger partial charge < -0.3 is 39.4 Å². The van der Waals surface area contributed by atoms with Gasteiger partial charge in [-0.25, -0.2) is 0 Å². The second kappa shape index (κ2) is 41.2. The minimum atomic E-state index is -1.61. The first kappa shape index (κ1) is 56.2. The van der Waals surface area contributed by atoms with E-state index in [1.54, 1.807) is 0 Å². The van der Waals surface area contributed by atoms with E-state index in [2.05, 4.69) is 80.7 Å². The Morgan fingerprint density at radius 2 is 0.984 bits per heavy atom. The van der Waals surface area contributed by atoms with Crippen LogP contribution in [0.3, 0.4) is 0 Å². The van der Waals surface area contributed by atoms with Crippen LogP contribution < -0.4 is 0 Å². The van der Waals surface area contributed by atoms with E-state index in [0.717, 1.165) is 57.8 Å². The summed E-state index contributed by atoms with van der Waals surface area (Å²) in [7, 11) is 0. The molecule has 61 heavy (non-hydrogen) atoms. The van der Waals surface area contributed by atoms with Gasteiger partial charge in [0.25, 0.3) is 0 Å². The molecule has 0 aromatic heterocycles. The van der Waals surface area contributed by atoms with E-state index in [4.69, 9.17) is 18.9 Å². The fourth-order valence-electron chi connectivity index (χ4n) is 6.81. The molecule has 0 amide bonds. The van der Waals surface area contributed by atoms with Crippen molar-refractivity contribution in [3.05, 3.63) is 72.9 Å². The number of esters is 2. The predicted octanol–water partition coefficient (Wildman–Crippen LogP) is 10.8. The van der Waals surface area contributed by atoms with Gasteiger partial charge in [0.2, 0.25) is 0 Å². The number of hydrogen-bond acceptors (Lipinski definition) is 10. The molecule has 0 aromatic carbocycles. The Bertz CT molecular complexity index is 1220. The van der Waals surface area contributed by atoms with Crippen LogP contribution >= 0.6 is 0 Å². The lowest BCUT2D eigenvalue weighted by molar-refractivity contribution is -0.305. The standard InChI is InChI=1S/C51H86O10/c1-3-5-7-9-11-13-15-17-19-21-22-24-26-28-30-32-34-36-38-40-47(54)60-44(43-59-51-50(57)49(56)48(55)45(41-52)61-51)42-58-46(53)39-37-35-33-31-29-27-25-23-20-18-16-14-12-10-8-6-4-2/h6,8,12,14,17-20,25,27,31,33,44-45,48-52,55-57H,3-5,7,9-11,13,15-16,21-24,26,28-30,32,34-43H2,1-2H3/b8-6+,14-12+,19-17+,20-18+,27-25+,33-31+/t44-,45-,48+,49?,50?,51-/m1/s1. The third-order valence-corrected chi connectivity index (χ3v) is 10.6. The van der Waals surface area contributed by atoms with Gasteiger partial charge in [0.1, 0.15) is 31.0 Å². The number of aliphatic hydroxyl groups is 4. The highest BCUT2D eigenvalue weighted by Crippen LogP contribution is 2.22. The topological polar surface area (TPSA) is 152 Å². The smallest absolute Gasteiger partial charge is 0.306 e. The first-order valence-corrected chi connectivity index (χ1v) is 24.0. The van der Waals surface area contributed by atoms with Gasteiger partial charge in [0.05, 0.1) is 13.2 Å². The van der Waals surface area contributed by atoms with Crippen LogP contribution in [0.25, 0.3) is 0 Å². The van der Waals surface area contributed by atoms with Crippen LogP contribution in [0.1, 0.15) is 181 Å². The molecule has 10 nitrogen and oxygen atoms in total. The Balaban J connectivity index is 2.34. The molecule has 2 unspecified atom stereocenters. The summed E-state index contributed by atoms with van der Waals surface area (Å²) in [6, 6.07) is 0. The SMILES string of the molecule is CC/C=C/C/C=C/C/C=C/C/C=C/C/C=C/CCCC(=O)OC[C@H](CO[C@@H]1O[C@H](CO)[C@H](O)C(O)C1O)OC(=O)CCCCCCCCCCC/C=C/CCCCCCCC. The summed E-state index contributed by atoms with van der Waals surface area (Å²) in [6.45, 7) is 3.25. The fourth-order valence-corrected chi connectivity index (χ4v) is 6.81. The first-order chi connectivity index (χ1) is 29.8. The van der Waals surface area contributed by atoms with E-state index in [1.165, 1.54) is 83.5 Å². The van der Waals surface area contributed by atoms with Crippen molar-refractivity contribution < 1.29 is 49.0 Å². The Hall–Kier alpha value is -2.86. The van der Waals surface area contributed by atoms with Crippen LogP contribution in [0.2, 0.25) is 0 Å². The van der Waals surface area contributed by atoms with Crippen molar-refractivity contribution in [2.24, 2.45) is 0 Å². The number of carbonyl (C=O) groups is 2. The average Bonchev–Trinajstić information content (AvgIpc) is 3.26. The Morgan fingerprint density at radius 1 is 0.525 bits per heavy atom. The van der Waals surface area contributed by atoms with Crippen LogP contribution in [-0.4, -0.2) is 89.0 Å². The second-order valence-corrected chi connectivity index (χ2v) is 16.2. The molecule has 10 heteroatoms. The van der Waals surface area contributed by atoms with Crippen molar-refractivity contribution in [1.82, 2.24) is 0 Å².